The van der Waals surface area contributed by atoms with Gasteiger partial charge in [0.1, 0.15) is 0 Å². The van der Waals surface area contributed by atoms with Gasteiger partial charge in [-0.2, -0.15) is 5.10 Å². The molecular weight excluding hydrogens is 304 g/mol. The number of carbonyl (C=O) groups is 1. The summed E-state index contributed by atoms with van der Waals surface area (Å²) in [5.41, 5.74) is 2.29. The van der Waals surface area contributed by atoms with Crippen LogP contribution in [0.15, 0.2) is 12.3 Å². The maximum Gasteiger partial charge on any atom is 0.255 e. The van der Waals surface area contributed by atoms with Gasteiger partial charge in [-0.25, -0.2) is 9.67 Å². The number of likely N-dealkylation sites (tertiary alicyclic amines) is 1. The van der Waals surface area contributed by atoms with Gasteiger partial charge in [0, 0.05) is 31.1 Å². The van der Waals surface area contributed by atoms with Crippen LogP contribution in [-0.4, -0.2) is 51.4 Å². The molecule has 0 saturated carbocycles. The molecule has 2 aromatic rings. The summed E-state index contributed by atoms with van der Waals surface area (Å²) in [5, 5.41) is 5.31. The van der Waals surface area contributed by atoms with Crippen LogP contribution < -0.4 is 0 Å². The SMILES string of the molecule is CCOC1CCN(C(=O)c2cc3cnn(C(C)C)c3nc2C)CC1. The molecule has 0 aliphatic carbocycles. The highest BCUT2D eigenvalue weighted by molar-refractivity contribution is 5.98. The number of nitrogens with zero attached hydrogens (tertiary/aromatic N) is 4. The summed E-state index contributed by atoms with van der Waals surface area (Å²) >= 11 is 0. The van der Waals surface area contributed by atoms with Gasteiger partial charge >= 0.3 is 0 Å². The predicted molar refractivity (Wildman–Crippen MR) is 93.2 cm³/mol. The molecule has 1 saturated heterocycles. The van der Waals surface area contributed by atoms with Crippen molar-refractivity contribution >= 4 is 16.9 Å². The van der Waals surface area contributed by atoms with Crippen molar-refractivity contribution in [3.05, 3.63) is 23.5 Å². The van der Waals surface area contributed by atoms with Crippen LogP contribution in [0.4, 0.5) is 0 Å². The van der Waals surface area contributed by atoms with Gasteiger partial charge in [-0.1, -0.05) is 0 Å². The molecule has 1 aliphatic rings. The van der Waals surface area contributed by atoms with Gasteiger partial charge in [0.05, 0.1) is 23.6 Å². The van der Waals surface area contributed by atoms with Gasteiger partial charge in [-0.05, 0) is 46.6 Å². The van der Waals surface area contributed by atoms with Crippen LogP contribution in [0.3, 0.4) is 0 Å². The Kier molecular flexibility index (Phi) is 4.85. The summed E-state index contributed by atoms with van der Waals surface area (Å²) in [4.78, 5) is 19.4. The van der Waals surface area contributed by atoms with Gasteiger partial charge in [-0.15, -0.1) is 0 Å². The first-order chi connectivity index (χ1) is 11.5. The number of amides is 1. The van der Waals surface area contributed by atoms with E-state index in [1.165, 1.54) is 0 Å². The Morgan fingerprint density at radius 3 is 2.71 bits per heavy atom. The zero-order valence-electron chi connectivity index (χ0n) is 15.0. The van der Waals surface area contributed by atoms with Crippen LogP contribution in [-0.2, 0) is 4.74 Å². The molecular formula is C18H26N4O2. The van der Waals surface area contributed by atoms with E-state index in [1.807, 2.05) is 29.5 Å². The lowest BCUT2D eigenvalue weighted by molar-refractivity contribution is 0.0146. The molecule has 0 atom stereocenters. The number of hydrogen-bond donors (Lipinski definition) is 0. The highest BCUT2D eigenvalue weighted by atomic mass is 16.5. The molecule has 0 N–H and O–H groups in total. The van der Waals surface area contributed by atoms with Crippen LogP contribution >= 0.6 is 0 Å². The van der Waals surface area contributed by atoms with Crippen molar-refractivity contribution in [3.63, 3.8) is 0 Å². The number of aromatic nitrogens is 3. The third kappa shape index (κ3) is 3.15. The molecule has 6 nitrogen and oxygen atoms in total. The summed E-state index contributed by atoms with van der Waals surface area (Å²) in [5.74, 6) is 0.0640. The largest absolute Gasteiger partial charge is 0.378 e. The Hall–Kier alpha value is -1.95. The highest BCUT2D eigenvalue weighted by Crippen LogP contribution is 2.22. The summed E-state index contributed by atoms with van der Waals surface area (Å²) in [6.45, 7) is 10.3. The second-order valence-electron chi connectivity index (χ2n) is 6.66. The molecule has 1 amide bonds. The smallest absolute Gasteiger partial charge is 0.255 e. The summed E-state index contributed by atoms with van der Waals surface area (Å²) in [7, 11) is 0. The fourth-order valence-electron chi connectivity index (χ4n) is 3.29. The van der Waals surface area contributed by atoms with Crippen molar-refractivity contribution in [2.24, 2.45) is 0 Å². The number of rotatable bonds is 4. The molecule has 6 heteroatoms. The van der Waals surface area contributed by atoms with E-state index in [-0.39, 0.29) is 18.1 Å². The standard InChI is InChI=1S/C18H26N4O2/c1-5-24-15-6-8-21(9-7-15)18(23)16-10-14-11-19-22(12(2)3)17(14)20-13(16)4/h10-12,15H,5-9H2,1-4H3. The van der Waals surface area contributed by atoms with Crippen molar-refractivity contribution < 1.29 is 9.53 Å². The van der Waals surface area contributed by atoms with Crippen molar-refractivity contribution in [1.82, 2.24) is 19.7 Å². The minimum absolute atomic E-state index is 0.0640. The highest BCUT2D eigenvalue weighted by Gasteiger charge is 2.25. The summed E-state index contributed by atoms with van der Waals surface area (Å²) in [6, 6.07) is 2.18. The Morgan fingerprint density at radius 2 is 2.08 bits per heavy atom. The predicted octanol–water partition coefficient (Wildman–Crippen LogP) is 2.96. The van der Waals surface area contributed by atoms with Crippen LogP contribution in [0.2, 0.25) is 0 Å². The zero-order valence-corrected chi connectivity index (χ0v) is 15.0. The van der Waals surface area contributed by atoms with Crippen LogP contribution in [0.25, 0.3) is 11.0 Å². The second kappa shape index (κ2) is 6.89. The maximum atomic E-state index is 12.9. The lowest BCUT2D eigenvalue weighted by Gasteiger charge is -2.32. The normalized spacial score (nSPS) is 16.3. The molecule has 0 spiro atoms. The first kappa shape index (κ1) is 16.9. The Labute approximate surface area is 142 Å². The number of hydrogen-bond acceptors (Lipinski definition) is 4. The van der Waals surface area contributed by atoms with Gasteiger partial charge in [-0.3, -0.25) is 4.79 Å². The fraction of sp³-hybridized carbons (Fsp3) is 0.611. The van der Waals surface area contributed by atoms with Gasteiger partial charge < -0.3 is 9.64 Å². The van der Waals surface area contributed by atoms with Crippen LogP contribution in [0.5, 0.6) is 0 Å². The molecule has 3 heterocycles. The van der Waals surface area contributed by atoms with Crippen LogP contribution in [0.1, 0.15) is 55.7 Å². The fourth-order valence-corrected chi connectivity index (χ4v) is 3.29. The minimum atomic E-state index is 0.0640. The van der Waals surface area contributed by atoms with Crippen molar-refractivity contribution in [1.29, 1.82) is 0 Å². The molecule has 2 aromatic heterocycles. The number of ether oxygens (including phenoxy) is 1. The number of piperidine rings is 1. The molecule has 0 aromatic carbocycles. The molecule has 130 valence electrons. The van der Waals surface area contributed by atoms with Gasteiger partial charge in [0.15, 0.2) is 5.65 Å². The third-order valence-electron chi connectivity index (χ3n) is 4.61. The maximum absolute atomic E-state index is 12.9. The van der Waals surface area contributed by atoms with E-state index in [2.05, 4.69) is 23.9 Å². The van der Waals surface area contributed by atoms with E-state index < -0.39 is 0 Å². The lowest BCUT2D eigenvalue weighted by atomic mass is 10.1. The average Bonchev–Trinajstić information content (AvgIpc) is 2.97. The quantitative estimate of drug-likeness (QED) is 0.865. The lowest BCUT2D eigenvalue weighted by Crippen LogP contribution is -2.41. The molecule has 0 unspecified atom stereocenters. The minimum Gasteiger partial charge on any atom is -0.378 e. The number of aryl methyl sites for hydroxylation is 1. The Bertz CT molecular complexity index is 730. The number of pyridine rings is 1. The Balaban J connectivity index is 1.82. The topological polar surface area (TPSA) is 60.2 Å². The second-order valence-corrected chi connectivity index (χ2v) is 6.66. The molecule has 0 radical (unpaired) electrons. The molecule has 0 bridgehead atoms. The van der Waals surface area contributed by atoms with Crippen LogP contribution in [0, 0.1) is 6.92 Å². The number of carbonyl (C=O) groups excluding carboxylic acids is 1. The Morgan fingerprint density at radius 1 is 1.38 bits per heavy atom. The summed E-state index contributed by atoms with van der Waals surface area (Å²) in [6.07, 6.45) is 3.88. The monoisotopic (exact) mass is 330 g/mol. The van der Waals surface area contributed by atoms with Crippen molar-refractivity contribution in [2.75, 3.05) is 19.7 Å². The third-order valence-corrected chi connectivity index (χ3v) is 4.61. The molecule has 3 rings (SSSR count). The van der Waals surface area contributed by atoms with E-state index in [9.17, 15) is 4.79 Å². The van der Waals surface area contributed by atoms with E-state index in [4.69, 9.17) is 4.74 Å². The number of fused-ring (bicyclic) bond motifs is 1. The van der Waals surface area contributed by atoms with E-state index >= 15 is 0 Å². The van der Waals surface area contributed by atoms with Crippen molar-refractivity contribution in [3.8, 4) is 0 Å². The molecule has 1 fully saturated rings. The van der Waals surface area contributed by atoms with E-state index in [0.717, 1.165) is 49.3 Å². The zero-order chi connectivity index (χ0) is 17.3. The molecule has 24 heavy (non-hydrogen) atoms. The average molecular weight is 330 g/mol. The van der Waals surface area contributed by atoms with Crippen molar-refractivity contribution in [2.45, 2.75) is 52.7 Å². The van der Waals surface area contributed by atoms with E-state index in [0.29, 0.717) is 5.56 Å². The first-order valence-electron chi connectivity index (χ1n) is 8.77. The van der Waals surface area contributed by atoms with Gasteiger partial charge in [0.2, 0.25) is 0 Å². The summed E-state index contributed by atoms with van der Waals surface area (Å²) < 4.78 is 7.55. The first-order valence-corrected chi connectivity index (χ1v) is 8.77. The van der Waals surface area contributed by atoms with E-state index in [1.54, 1.807) is 6.20 Å². The molecule has 1 aliphatic heterocycles. The van der Waals surface area contributed by atoms with Gasteiger partial charge in [0.25, 0.3) is 5.91 Å².